The maximum atomic E-state index is 15.9. The van der Waals surface area contributed by atoms with Gasteiger partial charge in [0.05, 0.1) is 17.1 Å². The Balaban J connectivity index is 1.55. The average Bonchev–Trinajstić information content (AvgIpc) is 3.49. The summed E-state index contributed by atoms with van der Waals surface area (Å²) in [6, 6.07) is 1.25. The van der Waals surface area contributed by atoms with Crippen LogP contribution in [-0.4, -0.2) is 44.2 Å². The summed E-state index contributed by atoms with van der Waals surface area (Å²) in [5, 5.41) is 16.2. The highest BCUT2D eigenvalue weighted by molar-refractivity contribution is 5.92. The third kappa shape index (κ3) is 4.23. The molecule has 2 aromatic heterocycles. The number of ether oxygens (including phenoxy) is 1. The molecule has 0 spiro atoms. The first-order valence-corrected chi connectivity index (χ1v) is 11.9. The van der Waals surface area contributed by atoms with Gasteiger partial charge in [-0.1, -0.05) is 19.3 Å². The van der Waals surface area contributed by atoms with E-state index in [2.05, 4.69) is 30.6 Å². The van der Waals surface area contributed by atoms with Crippen LogP contribution in [0.3, 0.4) is 0 Å². The predicted molar refractivity (Wildman–Crippen MR) is 125 cm³/mol. The minimum Gasteiger partial charge on any atom is -0.382 e. The number of hydrogen-bond donors (Lipinski definition) is 4. The number of nitrogens with zero attached hydrogens (tertiary/aromatic N) is 3. The lowest BCUT2D eigenvalue weighted by Gasteiger charge is -2.30. The van der Waals surface area contributed by atoms with Crippen molar-refractivity contribution in [2.75, 3.05) is 18.5 Å². The van der Waals surface area contributed by atoms with Gasteiger partial charge in [-0.25, -0.2) is 24.1 Å². The van der Waals surface area contributed by atoms with Crippen LogP contribution in [0, 0.1) is 5.82 Å². The van der Waals surface area contributed by atoms with E-state index in [1.54, 1.807) is 18.5 Å². The molecule has 3 aromatic rings. The molecule has 2 aliphatic rings. The topological polar surface area (TPSA) is 125 Å². The smallest absolute Gasteiger partial charge is 0.321 e. The van der Waals surface area contributed by atoms with Crippen LogP contribution in [0.1, 0.15) is 69.4 Å². The normalized spacial score (nSPS) is 19.9. The Hall–Kier alpha value is -3.11. The summed E-state index contributed by atoms with van der Waals surface area (Å²) in [5.41, 5.74) is 1.14. The summed E-state index contributed by atoms with van der Waals surface area (Å²) in [5.74, 6) is 0.165. The standard InChI is InChI=1S/C24H29FN6O3/c1-2-26-23(32)31-22-29-16-11-15(19(25)18(20(16)30-22)17-7-6-10-34-17)14-12-27-21(28-13-14)24(33)8-4-3-5-9-24/h11-13,17,33H,2-10H2,1H3,(H3,26,29,30,31,32). The minimum absolute atomic E-state index is 0.225. The molecule has 10 heteroatoms. The lowest BCUT2D eigenvalue weighted by Crippen LogP contribution is -2.30. The summed E-state index contributed by atoms with van der Waals surface area (Å²) in [7, 11) is 0. The number of imidazole rings is 1. The van der Waals surface area contributed by atoms with E-state index in [1.165, 1.54) is 0 Å². The van der Waals surface area contributed by atoms with Crippen LogP contribution in [0.15, 0.2) is 18.5 Å². The van der Waals surface area contributed by atoms with Crippen LogP contribution in [0.5, 0.6) is 0 Å². The average molecular weight is 469 g/mol. The van der Waals surface area contributed by atoms with Crippen LogP contribution in [-0.2, 0) is 10.3 Å². The Morgan fingerprint density at radius 3 is 2.71 bits per heavy atom. The summed E-state index contributed by atoms with van der Waals surface area (Å²) in [4.78, 5) is 28.3. The molecule has 5 rings (SSSR count). The Labute approximate surface area is 196 Å². The van der Waals surface area contributed by atoms with Crippen LogP contribution >= 0.6 is 0 Å². The third-order valence-electron chi connectivity index (χ3n) is 6.63. The molecule has 0 radical (unpaired) electrons. The highest BCUT2D eigenvalue weighted by Crippen LogP contribution is 2.40. The number of benzene rings is 1. The first kappa shape index (κ1) is 22.7. The molecule has 2 fully saturated rings. The molecule has 2 amide bonds. The van der Waals surface area contributed by atoms with E-state index in [4.69, 9.17) is 4.74 Å². The summed E-state index contributed by atoms with van der Waals surface area (Å²) in [6.07, 6.45) is 8.44. The lowest BCUT2D eigenvalue weighted by molar-refractivity contribution is -0.00893. The SMILES string of the molecule is CCNC(=O)Nc1nc2c(C3CCCO3)c(F)c(-c3cnc(C4(O)CCCCC4)nc3)cc2[nH]1. The number of H-pyrrole nitrogens is 1. The van der Waals surface area contributed by atoms with Gasteiger partial charge in [0.25, 0.3) is 0 Å². The highest BCUT2D eigenvalue weighted by atomic mass is 19.1. The number of amides is 2. The van der Waals surface area contributed by atoms with Crippen molar-refractivity contribution in [3.8, 4) is 11.1 Å². The zero-order chi connectivity index (χ0) is 23.7. The molecule has 1 saturated heterocycles. The number of aliphatic hydroxyl groups is 1. The molecule has 9 nitrogen and oxygen atoms in total. The van der Waals surface area contributed by atoms with Crippen molar-refractivity contribution in [2.24, 2.45) is 0 Å². The van der Waals surface area contributed by atoms with Gasteiger partial charge in [0.15, 0.2) is 5.82 Å². The summed E-state index contributed by atoms with van der Waals surface area (Å²) >= 11 is 0. The minimum atomic E-state index is -1.02. The molecule has 4 N–H and O–H groups in total. The van der Waals surface area contributed by atoms with Crippen molar-refractivity contribution in [3.63, 3.8) is 0 Å². The number of aromatic nitrogens is 4. The van der Waals surface area contributed by atoms with Gasteiger partial charge in [0.1, 0.15) is 11.4 Å². The monoisotopic (exact) mass is 468 g/mol. The van der Waals surface area contributed by atoms with Crippen molar-refractivity contribution in [2.45, 2.75) is 63.6 Å². The number of hydrogen-bond acceptors (Lipinski definition) is 6. The molecule has 1 atom stereocenters. The number of rotatable bonds is 5. The number of aromatic amines is 1. The van der Waals surface area contributed by atoms with Crippen molar-refractivity contribution >= 4 is 23.0 Å². The number of halogens is 1. The fourth-order valence-corrected chi connectivity index (χ4v) is 4.90. The highest BCUT2D eigenvalue weighted by Gasteiger charge is 2.34. The van der Waals surface area contributed by atoms with Gasteiger partial charge >= 0.3 is 6.03 Å². The summed E-state index contributed by atoms with van der Waals surface area (Å²) in [6.45, 7) is 2.84. The third-order valence-corrected chi connectivity index (χ3v) is 6.63. The van der Waals surface area contributed by atoms with E-state index in [9.17, 15) is 9.90 Å². The zero-order valence-corrected chi connectivity index (χ0v) is 19.2. The van der Waals surface area contributed by atoms with E-state index >= 15 is 4.39 Å². The fourth-order valence-electron chi connectivity index (χ4n) is 4.90. The molecule has 1 unspecified atom stereocenters. The van der Waals surface area contributed by atoms with Gasteiger partial charge in [-0.3, -0.25) is 5.32 Å². The van der Waals surface area contributed by atoms with Gasteiger partial charge in [-0.05, 0) is 38.7 Å². The van der Waals surface area contributed by atoms with Crippen molar-refractivity contribution in [1.82, 2.24) is 25.3 Å². The predicted octanol–water partition coefficient (Wildman–Crippen LogP) is 4.30. The molecule has 0 bridgehead atoms. The van der Waals surface area contributed by atoms with Crippen LogP contribution < -0.4 is 10.6 Å². The summed E-state index contributed by atoms with van der Waals surface area (Å²) < 4.78 is 21.7. The molecular formula is C24H29FN6O3. The Morgan fingerprint density at radius 2 is 2.03 bits per heavy atom. The number of carbonyl (C=O) groups excluding carboxylic acids is 1. The van der Waals surface area contributed by atoms with Crippen LogP contribution in [0.25, 0.3) is 22.2 Å². The van der Waals surface area contributed by atoms with Crippen molar-refractivity contribution in [3.05, 3.63) is 35.7 Å². The van der Waals surface area contributed by atoms with E-state index in [0.29, 0.717) is 66.0 Å². The zero-order valence-electron chi connectivity index (χ0n) is 19.2. The van der Waals surface area contributed by atoms with Crippen LogP contribution in [0.2, 0.25) is 0 Å². The maximum Gasteiger partial charge on any atom is 0.321 e. The second kappa shape index (κ2) is 9.27. The van der Waals surface area contributed by atoms with E-state index in [1.807, 2.05) is 6.92 Å². The van der Waals surface area contributed by atoms with Gasteiger partial charge < -0.3 is 20.1 Å². The van der Waals surface area contributed by atoms with E-state index in [-0.39, 0.29) is 5.95 Å². The van der Waals surface area contributed by atoms with Gasteiger partial charge in [0, 0.05) is 42.2 Å². The van der Waals surface area contributed by atoms with Gasteiger partial charge in [-0.15, -0.1) is 0 Å². The number of fused-ring (bicyclic) bond motifs is 1. The fraction of sp³-hybridized carbons (Fsp3) is 0.500. The quantitative estimate of drug-likeness (QED) is 0.442. The molecular weight excluding hydrogens is 439 g/mol. The molecule has 34 heavy (non-hydrogen) atoms. The van der Waals surface area contributed by atoms with Crippen LogP contribution in [0.4, 0.5) is 15.1 Å². The van der Waals surface area contributed by atoms with E-state index in [0.717, 1.165) is 25.7 Å². The number of anilines is 1. The Morgan fingerprint density at radius 1 is 1.26 bits per heavy atom. The molecule has 1 aromatic carbocycles. The van der Waals surface area contributed by atoms with E-state index < -0.39 is 23.6 Å². The van der Waals surface area contributed by atoms with Crippen molar-refractivity contribution in [1.29, 1.82) is 0 Å². The Kier molecular flexibility index (Phi) is 6.18. The van der Waals surface area contributed by atoms with Crippen molar-refractivity contribution < 1.29 is 19.0 Å². The number of carbonyl (C=O) groups is 1. The number of nitrogens with one attached hydrogen (secondary N) is 3. The Bertz CT molecular complexity index is 1180. The number of urea groups is 1. The lowest BCUT2D eigenvalue weighted by atomic mass is 9.84. The molecule has 1 aliphatic heterocycles. The first-order valence-electron chi connectivity index (χ1n) is 11.9. The largest absolute Gasteiger partial charge is 0.382 e. The van der Waals surface area contributed by atoms with Gasteiger partial charge in [0.2, 0.25) is 5.95 Å². The molecule has 180 valence electrons. The maximum absolute atomic E-state index is 15.9. The molecule has 1 aliphatic carbocycles. The first-order chi connectivity index (χ1) is 16.5. The molecule has 1 saturated carbocycles. The van der Waals surface area contributed by atoms with Gasteiger partial charge in [-0.2, -0.15) is 0 Å². The second-order valence-corrected chi connectivity index (χ2v) is 9.01. The molecule has 3 heterocycles. The second-order valence-electron chi connectivity index (χ2n) is 9.01.